The van der Waals surface area contributed by atoms with Crippen molar-refractivity contribution in [3.05, 3.63) is 29.8 Å². The number of benzene rings is 1. The third-order valence-electron chi connectivity index (χ3n) is 3.23. The molecule has 1 aromatic rings. The van der Waals surface area contributed by atoms with Crippen LogP contribution in [0.5, 0.6) is 5.75 Å². The van der Waals surface area contributed by atoms with E-state index in [0.29, 0.717) is 0 Å². The molecule has 0 heterocycles. The van der Waals surface area contributed by atoms with E-state index in [1.165, 1.54) is 24.8 Å². The number of nitrogens with one attached hydrogen (secondary N) is 1. The van der Waals surface area contributed by atoms with Crippen LogP contribution in [0.15, 0.2) is 24.3 Å². The maximum atomic E-state index is 5.89. The van der Waals surface area contributed by atoms with Crippen LogP contribution in [0.4, 0.5) is 0 Å². The number of ether oxygens (including phenoxy) is 1. The topological polar surface area (TPSA) is 21.3 Å². The quantitative estimate of drug-likeness (QED) is 0.726. The standard InChI is InChI=1S/C17H29NO/c1-5-7-8-15-9-11-16(12-10-15)19-14-17(3,4)13-18-6-2/h9-12,18H,5-8,13-14H2,1-4H3. The minimum Gasteiger partial charge on any atom is -0.493 e. The summed E-state index contributed by atoms with van der Waals surface area (Å²) in [6.45, 7) is 11.5. The van der Waals surface area contributed by atoms with Crippen LogP contribution in [0.1, 0.15) is 46.1 Å². The number of aryl methyl sites for hydroxylation is 1. The molecule has 0 radical (unpaired) electrons. The van der Waals surface area contributed by atoms with Crippen molar-refractivity contribution in [2.24, 2.45) is 5.41 Å². The Morgan fingerprint density at radius 2 is 1.79 bits per heavy atom. The van der Waals surface area contributed by atoms with Gasteiger partial charge in [0, 0.05) is 12.0 Å². The Labute approximate surface area is 118 Å². The summed E-state index contributed by atoms with van der Waals surface area (Å²) >= 11 is 0. The van der Waals surface area contributed by atoms with Gasteiger partial charge in [-0.05, 0) is 37.1 Å². The lowest BCUT2D eigenvalue weighted by Gasteiger charge is -2.25. The van der Waals surface area contributed by atoms with Crippen LogP contribution in [-0.4, -0.2) is 19.7 Å². The summed E-state index contributed by atoms with van der Waals surface area (Å²) in [5, 5.41) is 3.38. The molecule has 0 saturated heterocycles. The Morgan fingerprint density at radius 1 is 1.11 bits per heavy atom. The molecule has 1 rings (SSSR count). The molecule has 2 heteroatoms. The third-order valence-corrected chi connectivity index (χ3v) is 3.23. The molecule has 0 aromatic heterocycles. The van der Waals surface area contributed by atoms with Crippen LogP contribution < -0.4 is 10.1 Å². The third kappa shape index (κ3) is 6.63. The molecule has 0 bridgehead atoms. The number of unbranched alkanes of at least 4 members (excludes halogenated alkanes) is 1. The summed E-state index contributed by atoms with van der Waals surface area (Å²) in [6.07, 6.45) is 3.68. The monoisotopic (exact) mass is 263 g/mol. The van der Waals surface area contributed by atoms with Crippen LogP contribution in [0.2, 0.25) is 0 Å². The van der Waals surface area contributed by atoms with Crippen LogP contribution in [-0.2, 0) is 6.42 Å². The fraction of sp³-hybridized carbons (Fsp3) is 0.647. The summed E-state index contributed by atoms with van der Waals surface area (Å²) in [7, 11) is 0. The van der Waals surface area contributed by atoms with Crippen LogP contribution >= 0.6 is 0 Å². The molecule has 0 atom stereocenters. The van der Waals surface area contributed by atoms with E-state index in [0.717, 1.165) is 25.4 Å². The summed E-state index contributed by atoms with van der Waals surface area (Å²) in [5.74, 6) is 0.977. The van der Waals surface area contributed by atoms with Crippen LogP contribution in [0, 0.1) is 5.41 Å². The highest BCUT2D eigenvalue weighted by Gasteiger charge is 2.18. The average Bonchev–Trinajstić information content (AvgIpc) is 2.42. The van der Waals surface area contributed by atoms with Gasteiger partial charge in [-0.25, -0.2) is 0 Å². The molecule has 1 aromatic carbocycles. The maximum absolute atomic E-state index is 5.89. The lowest BCUT2D eigenvalue weighted by Crippen LogP contribution is -2.34. The summed E-state index contributed by atoms with van der Waals surface area (Å²) in [4.78, 5) is 0. The predicted molar refractivity (Wildman–Crippen MR) is 82.9 cm³/mol. The predicted octanol–water partition coefficient (Wildman–Crippen LogP) is 4.04. The fourth-order valence-electron chi connectivity index (χ4n) is 1.93. The van der Waals surface area contributed by atoms with Crippen molar-refractivity contribution in [2.45, 2.75) is 47.0 Å². The van der Waals surface area contributed by atoms with Gasteiger partial charge in [-0.1, -0.05) is 46.2 Å². The zero-order valence-electron chi connectivity index (χ0n) is 13.0. The Bertz CT molecular complexity index is 343. The SMILES string of the molecule is CCCCc1ccc(OCC(C)(C)CNCC)cc1. The second kappa shape index (κ2) is 8.21. The van der Waals surface area contributed by atoms with Gasteiger partial charge in [0.2, 0.25) is 0 Å². The molecule has 2 nitrogen and oxygen atoms in total. The van der Waals surface area contributed by atoms with Gasteiger partial charge >= 0.3 is 0 Å². The summed E-state index contributed by atoms with van der Waals surface area (Å²) < 4.78 is 5.89. The molecule has 1 N–H and O–H groups in total. The van der Waals surface area contributed by atoms with Gasteiger partial charge in [0.25, 0.3) is 0 Å². The van der Waals surface area contributed by atoms with E-state index >= 15 is 0 Å². The van der Waals surface area contributed by atoms with Crippen molar-refractivity contribution in [3.8, 4) is 5.75 Å². The molecule has 0 aliphatic heterocycles. The highest BCUT2D eigenvalue weighted by Crippen LogP contribution is 2.19. The van der Waals surface area contributed by atoms with Crippen molar-refractivity contribution in [1.82, 2.24) is 5.32 Å². The molecule has 19 heavy (non-hydrogen) atoms. The minimum absolute atomic E-state index is 0.164. The van der Waals surface area contributed by atoms with Gasteiger partial charge in [-0.2, -0.15) is 0 Å². The van der Waals surface area contributed by atoms with Crippen molar-refractivity contribution in [3.63, 3.8) is 0 Å². The normalized spacial score (nSPS) is 11.6. The Morgan fingerprint density at radius 3 is 2.37 bits per heavy atom. The molecule has 0 aliphatic rings. The molecule has 0 fully saturated rings. The zero-order valence-corrected chi connectivity index (χ0v) is 13.0. The minimum atomic E-state index is 0.164. The van der Waals surface area contributed by atoms with E-state index in [2.05, 4.69) is 57.3 Å². The average molecular weight is 263 g/mol. The Balaban J connectivity index is 2.40. The van der Waals surface area contributed by atoms with Gasteiger partial charge in [-0.15, -0.1) is 0 Å². The fourth-order valence-corrected chi connectivity index (χ4v) is 1.93. The van der Waals surface area contributed by atoms with E-state index in [1.807, 2.05) is 0 Å². The first-order chi connectivity index (χ1) is 9.07. The first kappa shape index (κ1) is 16.0. The summed E-state index contributed by atoms with van der Waals surface area (Å²) in [5.41, 5.74) is 1.57. The highest BCUT2D eigenvalue weighted by molar-refractivity contribution is 5.27. The van der Waals surface area contributed by atoms with E-state index in [-0.39, 0.29) is 5.41 Å². The maximum Gasteiger partial charge on any atom is 0.119 e. The van der Waals surface area contributed by atoms with Gasteiger partial charge in [-0.3, -0.25) is 0 Å². The number of hydrogen-bond donors (Lipinski definition) is 1. The largest absolute Gasteiger partial charge is 0.493 e. The number of rotatable bonds is 9. The van der Waals surface area contributed by atoms with Gasteiger partial charge in [0.1, 0.15) is 5.75 Å². The molecule has 108 valence electrons. The highest BCUT2D eigenvalue weighted by atomic mass is 16.5. The summed E-state index contributed by atoms with van der Waals surface area (Å²) in [6, 6.07) is 8.55. The van der Waals surface area contributed by atoms with Gasteiger partial charge < -0.3 is 10.1 Å². The van der Waals surface area contributed by atoms with Crippen molar-refractivity contribution >= 4 is 0 Å². The van der Waals surface area contributed by atoms with Crippen LogP contribution in [0.25, 0.3) is 0 Å². The first-order valence-electron chi connectivity index (χ1n) is 7.50. The molecular weight excluding hydrogens is 234 g/mol. The van der Waals surface area contributed by atoms with Gasteiger partial charge in [0.15, 0.2) is 0 Å². The van der Waals surface area contributed by atoms with E-state index < -0.39 is 0 Å². The zero-order chi connectivity index (χ0) is 14.1. The van der Waals surface area contributed by atoms with E-state index in [9.17, 15) is 0 Å². The smallest absolute Gasteiger partial charge is 0.119 e. The van der Waals surface area contributed by atoms with Gasteiger partial charge in [0.05, 0.1) is 6.61 Å². The van der Waals surface area contributed by atoms with Crippen LogP contribution in [0.3, 0.4) is 0 Å². The second-order valence-corrected chi connectivity index (χ2v) is 5.98. The molecular formula is C17H29NO. The number of hydrogen-bond acceptors (Lipinski definition) is 2. The molecule has 0 amide bonds. The lowest BCUT2D eigenvalue weighted by molar-refractivity contribution is 0.177. The van der Waals surface area contributed by atoms with Crippen molar-refractivity contribution in [2.75, 3.05) is 19.7 Å². The molecule has 0 saturated carbocycles. The van der Waals surface area contributed by atoms with E-state index in [4.69, 9.17) is 4.74 Å². The Kier molecular flexibility index (Phi) is 6.93. The lowest BCUT2D eigenvalue weighted by atomic mass is 9.95. The Hall–Kier alpha value is -1.02. The van der Waals surface area contributed by atoms with Crippen molar-refractivity contribution < 1.29 is 4.74 Å². The second-order valence-electron chi connectivity index (χ2n) is 5.98. The van der Waals surface area contributed by atoms with Crippen molar-refractivity contribution in [1.29, 1.82) is 0 Å². The first-order valence-corrected chi connectivity index (χ1v) is 7.50. The molecule has 0 unspecified atom stereocenters. The molecule has 0 spiro atoms. The van der Waals surface area contributed by atoms with E-state index in [1.54, 1.807) is 0 Å². The molecule has 0 aliphatic carbocycles.